The van der Waals surface area contributed by atoms with Crippen molar-refractivity contribution >= 4 is 0 Å². The molecule has 1 unspecified atom stereocenters. The van der Waals surface area contributed by atoms with E-state index in [-0.39, 0.29) is 6.10 Å². The lowest BCUT2D eigenvalue weighted by Crippen LogP contribution is -2.24. The molecular weight excluding hydrogens is 286 g/mol. The summed E-state index contributed by atoms with van der Waals surface area (Å²) in [7, 11) is 0. The number of benzene rings is 2. The molecule has 1 aliphatic rings. The number of aliphatic hydroxyl groups excluding tert-OH is 1. The van der Waals surface area contributed by atoms with Crippen LogP contribution < -0.4 is 4.74 Å². The van der Waals surface area contributed by atoms with E-state index in [2.05, 4.69) is 48.2 Å². The van der Waals surface area contributed by atoms with E-state index >= 15 is 0 Å². The molecule has 3 rings (SSSR count). The number of aryl methyl sites for hydroxylation is 1. The molecule has 0 spiro atoms. The van der Waals surface area contributed by atoms with Crippen molar-refractivity contribution in [2.75, 3.05) is 26.2 Å². The van der Waals surface area contributed by atoms with Crippen molar-refractivity contribution in [3.8, 4) is 16.9 Å². The second kappa shape index (κ2) is 7.62. The third-order valence-electron chi connectivity index (χ3n) is 4.32. The zero-order valence-electron chi connectivity index (χ0n) is 13.7. The molecule has 23 heavy (non-hydrogen) atoms. The van der Waals surface area contributed by atoms with Gasteiger partial charge in [-0.1, -0.05) is 42.0 Å². The van der Waals surface area contributed by atoms with Gasteiger partial charge in [-0.15, -0.1) is 0 Å². The van der Waals surface area contributed by atoms with Gasteiger partial charge in [0.05, 0.1) is 12.7 Å². The van der Waals surface area contributed by atoms with Gasteiger partial charge >= 0.3 is 0 Å². The molecule has 1 N–H and O–H groups in total. The van der Waals surface area contributed by atoms with Crippen molar-refractivity contribution in [1.82, 2.24) is 4.90 Å². The minimum atomic E-state index is -0.137. The summed E-state index contributed by atoms with van der Waals surface area (Å²) in [5, 5.41) is 9.52. The predicted molar refractivity (Wildman–Crippen MR) is 93.8 cm³/mol. The van der Waals surface area contributed by atoms with E-state index in [1.54, 1.807) is 0 Å². The number of nitrogens with zero attached hydrogens (tertiary/aromatic N) is 1. The van der Waals surface area contributed by atoms with Gasteiger partial charge in [-0.3, -0.25) is 0 Å². The number of rotatable bonds is 6. The molecule has 122 valence electrons. The van der Waals surface area contributed by atoms with Crippen molar-refractivity contribution in [3.05, 3.63) is 54.1 Å². The minimum Gasteiger partial charge on any atom is -0.494 e. The first-order valence-corrected chi connectivity index (χ1v) is 8.41. The van der Waals surface area contributed by atoms with E-state index in [9.17, 15) is 5.11 Å². The molecule has 1 heterocycles. The van der Waals surface area contributed by atoms with Gasteiger partial charge in [-0.05, 0) is 43.0 Å². The van der Waals surface area contributed by atoms with E-state index in [4.69, 9.17) is 4.74 Å². The maximum absolute atomic E-state index is 9.52. The van der Waals surface area contributed by atoms with E-state index < -0.39 is 0 Å². The lowest BCUT2D eigenvalue weighted by Gasteiger charge is -2.15. The topological polar surface area (TPSA) is 32.7 Å². The quantitative estimate of drug-likeness (QED) is 0.829. The molecule has 0 saturated carbocycles. The maximum atomic E-state index is 9.52. The fourth-order valence-corrected chi connectivity index (χ4v) is 3.08. The number of ether oxygens (including phenoxy) is 1. The summed E-state index contributed by atoms with van der Waals surface area (Å²) in [6, 6.07) is 16.8. The Labute approximate surface area is 138 Å². The molecule has 0 bridgehead atoms. The summed E-state index contributed by atoms with van der Waals surface area (Å²) in [4.78, 5) is 2.30. The molecule has 2 aromatic carbocycles. The standard InChI is InChI=1S/C20H25NO2/c1-16-5-2-6-17(13-16)18-7-3-8-20(14-18)23-12-4-10-21-11-9-19(22)15-21/h2-3,5-8,13-14,19,22H,4,9-12,15H2,1H3. The Morgan fingerprint density at radius 2 is 1.91 bits per heavy atom. The van der Waals surface area contributed by atoms with Crippen LogP contribution in [0.25, 0.3) is 11.1 Å². The lowest BCUT2D eigenvalue weighted by molar-refractivity contribution is 0.173. The van der Waals surface area contributed by atoms with Crippen LogP contribution in [0.5, 0.6) is 5.75 Å². The highest BCUT2D eigenvalue weighted by molar-refractivity contribution is 5.65. The van der Waals surface area contributed by atoms with Crippen molar-refractivity contribution in [2.24, 2.45) is 0 Å². The average molecular weight is 311 g/mol. The first kappa shape index (κ1) is 16.0. The predicted octanol–water partition coefficient (Wildman–Crippen LogP) is 3.50. The number of aliphatic hydroxyl groups is 1. The molecule has 1 fully saturated rings. The Morgan fingerprint density at radius 3 is 2.65 bits per heavy atom. The van der Waals surface area contributed by atoms with Crippen molar-refractivity contribution < 1.29 is 9.84 Å². The number of hydrogen-bond donors (Lipinski definition) is 1. The van der Waals surface area contributed by atoms with E-state index in [0.717, 1.165) is 38.2 Å². The van der Waals surface area contributed by atoms with Crippen molar-refractivity contribution in [3.63, 3.8) is 0 Å². The second-order valence-electron chi connectivity index (χ2n) is 6.34. The van der Waals surface area contributed by atoms with Crippen LogP contribution in [0.15, 0.2) is 48.5 Å². The smallest absolute Gasteiger partial charge is 0.119 e. The first-order chi connectivity index (χ1) is 11.2. The highest BCUT2D eigenvalue weighted by Crippen LogP contribution is 2.24. The molecule has 0 radical (unpaired) electrons. The number of β-amino-alcohol motifs (C(OH)–C–C–N with tert-alkyl or cyclic N) is 1. The van der Waals surface area contributed by atoms with Crippen LogP contribution in [-0.2, 0) is 0 Å². The Bertz CT molecular complexity index is 641. The summed E-state index contributed by atoms with van der Waals surface area (Å²) >= 11 is 0. The number of hydrogen-bond acceptors (Lipinski definition) is 3. The SMILES string of the molecule is Cc1cccc(-c2cccc(OCCCN3CCC(O)C3)c2)c1. The monoisotopic (exact) mass is 311 g/mol. The summed E-state index contributed by atoms with van der Waals surface area (Å²) in [6.07, 6.45) is 1.75. The minimum absolute atomic E-state index is 0.137. The van der Waals surface area contributed by atoms with Crippen LogP contribution >= 0.6 is 0 Å². The second-order valence-corrected chi connectivity index (χ2v) is 6.34. The molecule has 0 aromatic heterocycles. The summed E-state index contributed by atoms with van der Waals surface area (Å²) < 4.78 is 5.90. The summed E-state index contributed by atoms with van der Waals surface area (Å²) in [5.74, 6) is 0.922. The van der Waals surface area contributed by atoms with Crippen molar-refractivity contribution in [1.29, 1.82) is 0 Å². The van der Waals surface area contributed by atoms with Crippen molar-refractivity contribution in [2.45, 2.75) is 25.9 Å². The molecule has 2 aromatic rings. The van der Waals surface area contributed by atoms with Gasteiger partial charge in [0.25, 0.3) is 0 Å². The van der Waals surface area contributed by atoms with E-state index in [1.807, 2.05) is 12.1 Å². The third kappa shape index (κ3) is 4.57. The normalized spacial score (nSPS) is 18.3. The summed E-state index contributed by atoms with van der Waals surface area (Å²) in [6.45, 7) is 5.63. The Morgan fingerprint density at radius 1 is 1.13 bits per heavy atom. The van der Waals surface area contributed by atoms with Gasteiger partial charge in [0.2, 0.25) is 0 Å². The molecule has 1 atom stereocenters. The van der Waals surface area contributed by atoms with Gasteiger partial charge in [-0.2, -0.15) is 0 Å². The molecule has 1 aliphatic heterocycles. The third-order valence-corrected chi connectivity index (χ3v) is 4.32. The summed E-state index contributed by atoms with van der Waals surface area (Å²) in [5.41, 5.74) is 3.68. The zero-order valence-corrected chi connectivity index (χ0v) is 13.7. The van der Waals surface area contributed by atoms with Gasteiger partial charge in [-0.25, -0.2) is 0 Å². The Hall–Kier alpha value is -1.84. The van der Waals surface area contributed by atoms with Crippen LogP contribution in [0.2, 0.25) is 0 Å². The molecule has 3 nitrogen and oxygen atoms in total. The van der Waals surface area contributed by atoms with Crippen LogP contribution in [0.4, 0.5) is 0 Å². The molecular formula is C20H25NO2. The van der Waals surface area contributed by atoms with Crippen LogP contribution in [0, 0.1) is 6.92 Å². The fraction of sp³-hybridized carbons (Fsp3) is 0.400. The maximum Gasteiger partial charge on any atom is 0.119 e. The molecule has 0 amide bonds. The highest BCUT2D eigenvalue weighted by atomic mass is 16.5. The molecule has 1 saturated heterocycles. The fourth-order valence-electron chi connectivity index (χ4n) is 3.08. The van der Waals surface area contributed by atoms with E-state index in [1.165, 1.54) is 16.7 Å². The van der Waals surface area contributed by atoms with Gasteiger partial charge < -0.3 is 14.7 Å². The van der Waals surface area contributed by atoms with Gasteiger partial charge in [0.15, 0.2) is 0 Å². The average Bonchev–Trinajstić information content (AvgIpc) is 2.97. The lowest BCUT2D eigenvalue weighted by atomic mass is 10.0. The van der Waals surface area contributed by atoms with Crippen LogP contribution in [0.3, 0.4) is 0 Å². The van der Waals surface area contributed by atoms with Crippen LogP contribution in [0.1, 0.15) is 18.4 Å². The zero-order chi connectivity index (χ0) is 16.1. The Kier molecular flexibility index (Phi) is 5.31. The molecule has 0 aliphatic carbocycles. The largest absolute Gasteiger partial charge is 0.494 e. The number of likely N-dealkylation sites (tertiary alicyclic amines) is 1. The first-order valence-electron chi connectivity index (χ1n) is 8.41. The molecule has 3 heteroatoms. The van der Waals surface area contributed by atoms with Gasteiger partial charge in [0, 0.05) is 19.6 Å². The van der Waals surface area contributed by atoms with Crippen LogP contribution in [-0.4, -0.2) is 42.4 Å². The van der Waals surface area contributed by atoms with E-state index in [0.29, 0.717) is 6.61 Å². The highest BCUT2D eigenvalue weighted by Gasteiger charge is 2.19. The van der Waals surface area contributed by atoms with Gasteiger partial charge in [0.1, 0.15) is 5.75 Å². The Balaban J connectivity index is 1.52.